The Kier molecular flexibility index (Phi) is 5.37. The summed E-state index contributed by atoms with van der Waals surface area (Å²) in [4.78, 5) is 4.91. The Hall–Kier alpha value is -0.900. The predicted octanol–water partition coefficient (Wildman–Crippen LogP) is 1.58. The molecule has 0 aromatic heterocycles. The van der Waals surface area contributed by atoms with Gasteiger partial charge in [0, 0.05) is 25.7 Å². The van der Waals surface area contributed by atoms with Crippen LogP contribution in [-0.4, -0.2) is 56.6 Å². The van der Waals surface area contributed by atoms with Crippen LogP contribution in [0.15, 0.2) is 24.3 Å². The van der Waals surface area contributed by atoms with Crippen molar-refractivity contribution in [1.29, 1.82) is 0 Å². The van der Waals surface area contributed by atoms with E-state index in [1.807, 2.05) is 7.05 Å². The smallest absolute Gasteiger partial charge is 0.0234 e. The highest BCUT2D eigenvalue weighted by molar-refractivity contribution is 5.22. The van der Waals surface area contributed by atoms with Crippen LogP contribution >= 0.6 is 0 Å². The zero-order chi connectivity index (χ0) is 13.7. The first kappa shape index (κ1) is 14.5. The van der Waals surface area contributed by atoms with Crippen LogP contribution in [0.4, 0.5) is 0 Å². The van der Waals surface area contributed by atoms with Gasteiger partial charge in [-0.15, -0.1) is 0 Å². The molecule has 1 heterocycles. The minimum atomic E-state index is 0.731. The summed E-state index contributed by atoms with van der Waals surface area (Å²) in [7, 11) is 6.37. The third-order valence-electron chi connectivity index (χ3n) is 4.07. The van der Waals surface area contributed by atoms with E-state index in [0.717, 1.165) is 25.6 Å². The van der Waals surface area contributed by atoms with Gasteiger partial charge in [-0.1, -0.05) is 24.3 Å². The Morgan fingerprint density at radius 1 is 1.21 bits per heavy atom. The lowest BCUT2D eigenvalue weighted by Crippen LogP contribution is -2.31. The van der Waals surface area contributed by atoms with Crippen LogP contribution in [0.2, 0.25) is 0 Å². The molecule has 1 saturated heterocycles. The molecule has 1 aromatic carbocycles. The summed E-state index contributed by atoms with van der Waals surface area (Å²) < 4.78 is 0. The van der Waals surface area contributed by atoms with Gasteiger partial charge in [-0.3, -0.25) is 4.90 Å². The van der Waals surface area contributed by atoms with Gasteiger partial charge in [0.1, 0.15) is 0 Å². The zero-order valence-electron chi connectivity index (χ0n) is 12.5. The first-order chi connectivity index (χ1) is 9.19. The molecule has 0 spiro atoms. The number of hydrogen-bond acceptors (Lipinski definition) is 3. The van der Waals surface area contributed by atoms with Crippen LogP contribution in [0, 0.1) is 0 Å². The molecule has 106 valence electrons. The summed E-state index contributed by atoms with van der Waals surface area (Å²) in [6, 6.07) is 9.84. The van der Waals surface area contributed by atoms with E-state index >= 15 is 0 Å². The van der Waals surface area contributed by atoms with E-state index in [4.69, 9.17) is 0 Å². The van der Waals surface area contributed by atoms with Gasteiger partial charge < -0.3 is 10.2 Å². The van der Waals surface area contributed by atoms with Crippen molar-refractivity contribution in [1.82, 2.24) is 15.1 Å². The molecule has 1 aliphatic heterocycles. The third kappa shape index (κ3) is 4.30. The fraction of sp³-hybridized carbons (Fsp3) is 0.625. The van der Waals surface area contributed by atoms with Crippen LogP contribution in [0.25, 0.3) is 0 Å². The van der Waals surface area contributed by atoms with Crippen molar-refractivity contribution in [3.05, 3.63) is 35.4 Å². The highest BCUT2D eigenvalue weighted by Crippen LogP contribution is 2.16. The molecule has 1 N–H and O–H groups in total. The average Bonchev–Trinajstić information content (AvgIpc) is 2.87. The third-order valence-corrected chi connectivity index (χ3v) is 4.07. The van der Waals surface area contributed by atoms with E-state index < -0.39 is 0 Å². The summed E-state index contributed by atoms with van der Waals surface area (Å²) in [5.74, 6) is 0. The second-order valence-corrected chi connectivity index (χ2v) is 5.81. The Balaban J connectivity index is 1.83. The van der Waals surface area contributed by atoms with E-state index in [2.05, 4.69) is 53.5 Å². The molecule has 0 amide bonds. The van der Waals surface area contributed by atoms with Crippen LogP contribution < -0.4 is 5.32 Å². The number of benzene rings is 1. The van der Waals surface area contributed by atoms with Gasteiger partial charge in [0.05, 0.1) is 0 Å². The maximum atomic E-state index is 3.19. The van der Waals surface area contributed by atoms with Crippen LogP contribution in [0.1, 0.15) is 17.5 Å². The quantitative estimate of drug-likeness (QED) is 0.839. The Morgan fingerprint density at radius 2 is 1.89 bits per heavy atom. The van der Waals surface area contributed by atoms with Crippen molar-refractivity contribution in [2.45, 2.75) is 25.4 Å². The molecule has 0 radical (unpaired) electrons. The first-order valence-electron chi connectivity index (χ1n) is 7.30. The van der Waals surface area contributed by atoms with Crippen molar-refractivity contribution in [2.24, 2.45) is 0 Å². The average molecular weight is 261 g/mol. The Morgan fingerprint density at radius 3 is 2.47 bits per heavy atom. The lowest BCUT2D eigenvalue weighted by molar-refractivity contribution is 0.264. The van der Waals surface area contributed by atoms with Gasteiger partial charge >= 0.3 is 0 Å². The SMILES string of the molecule is CNCCc1ccc(CN2CCC(N(C)C)C2)cc1. The van der Waals surface area contributed by atoms with Crippen molar-refractivity contribution in [3.63, 3.8) is 0 Å². The predicted molar refractivity (Wildman–Crippen MR) is 81.4 cm³/mol. The fourth-order valence-electron chi connectivity index (χ4n) is 2.72. The summed E-state index contributed by atoms with van der Waals surface area (Å²) in [6.07, 6.45) is 2.41. The van der Waals surface area contributed by atoms with Crippen molar-refractivity contribution >= 4 is 0 Å². The Bertz CT molecular complexity index is 372. The number of rotatable bonds is 6. The van der Waals surface area contributed by atoms with Gasteiger partial charge in [0.2, 0.25) is 0 Å². The highest BCUT2D eigenvalue weighted by Gasteiger charge is 2.23. The highest BCUT2D eigenvalue weighted by atomic mass is 15.2. The van der Waals surface area contributed by atoms with Crippen LogP contribution in [0.5, 0.6) is 0 Å². The monoisotopic (exact) mass is 261 g/mol. The minimum Gasteiger partial charge on any atom is -0.319 e. The van der Waals surface area contributed by atoms with E-state index in [1.165, 1.54) is 30.6 Å². The molecule has 0 aliphatic carbocycles. The molecule has 3 heteroatoms. The molecule has 1 aliphatic rings. The molecule has 0 bridgehead atoms. The summed E-state index contributed by atoms with van der Waals surface area (Å²) in [5.41, 5.74) is 2.86. The maximum absolute atomic E-state index is 3.19. The Labute approximate surface area is 117 Å². The summed E-state index contributed by atoms with van der Waals surface area (Å²) in [5, 5.41) is 3.19. The first-order valence-corrected chi connectivity index (χ1v) is 7.30. The van der Waals surface area contributed by atoms with Crippen LogP contribution in [-0.2, 0) is 13.0 Å². The second kappa shape index (κ2) is 7.04. The molecule has 1 aromatic rings. The van der Waals surface area contributed by atoms with Crippen molar-refractivity contribution in [3.8, 4) is 0 Å². The van der Waals surface area contributed by atoms with Crippen LogP contribution in [0.3, 0.4) is 0 Å². The molecule has 2 rings (SSSR count). The number of likely N-dealkylation sites (N-methyl/N-ethyl adjacent to an activating group) is 2. The maximum Gasteiger partial charge on any atom is 0.0234 e. The topological polar surface area (TPSA) is 18.5 Å². The van der Waals surface area contributed by atoms with E-state index in [0.29, 0.717) is 0 Å². The largest absolute Gasteiger partial charge is 0.319 e. The summed E-state index contributed by atoms with van der Waals surface area (Å²) in [6.45, 7) is 4.57. The number of likely N-dealkylation sites (tertiary alicyclic amines) is 1. The standard InChI is InChI=1S/C16H27N3/c1-17-10-8-14-4-6-15(7-5-14)12-19-11-9-16(13-19)18(2)3/h4-7,16-17H,8-13H2,1-3H3. The van der Waals surface area contributed by atoms with Gasteiger partial charge in [-0.2, -0.15) is 0 Å². The van der Waals surface area contributed by atoms with Crippen molar-refractivity contribution in [2.75, 3.05) is 40.8 Å². The number of hydrogen-bond donors (Lipinski definition) is 1. The zero-order valence-corrected chi connectivity index (χ0v) is 12.5. The second-order valence-electron chi connectivity index (χ2n) is 5.81. The minimum absolute atomic E-state index is 0.731. The van der Waals surface area contributed by atoms with Gasteiger partial charge in [-0.25, -0.2) is 0 Å². The molecule has 3 nitrogen and oxygen atoms in total. The molecular formula is C16H27N3. The number of nitrogens with zero attached hydrogens (tertiary/aromatic N) is 2. The normalized spacial score (nSPS) is 20.3. The molecular weight excluding hydrogens is 234 g/mol. The lowest BCUT2D eigenvalue weighted by Gasteiger charge is -2.20. The lowest BCUT2D eigenvalue weighted by atomic mass is 10.1. The fourth-order valence-corrected chi connectivity index (χ4v) is 2.72. The molecule has 0 saturated carbocycles. The van der Waals surface area contributed by atoms with Gasteiger partial charge in [-0.05, 0) is 51.7 Å². The van der Waals surface area contributed by atoms with Crippen molar-refractivity contribution < 1.29 is 0 Å². The van der Waals surface area contributed by atoms with E-state index in [9.17, 15) is 0 Å². The molecule has 1 unspecified atom stereocenters. The van der Waals surface area contributed by atoms with E-state index in [-0.39, 0.29) is 0 Å². The number of nitrogens with one attached hydrogen (secondary N) is 1. The van der Waals surface area contributed by atoms with Gasteiger partial charge in [0.25, 0.3) is 0 Å². The molecule has 19 heavy (non-hydrogen) atoms. The van der Waals surface area contributed by atoms with Gasteiger partial charge in [0.15, 0.2) is 0 Å². The van der Waals surface area contributed by atoms with E-state index in [1.54, 1.807) is 0 Å². The summed E-state index contributed by atoms with van der Waals surface area (Å²) >= 11 is 0. The molecule has 1 fully saturated rings. The molecule has 1 atom stereocenters.